The third kappa shape index (κ3) is 9.91. The molecule has 0 saturated carbocycles. The number of fused-ring (bicyclic) bond motifs is 2. The first-order valence-electron chi connectivity index (χ1n) is 14.1. The lowest BCUT2D eigenvalue weighted by Gasteiger charge is -2.04. The lowest BCUT2D eigenvalue weighted by molar-refractivity contribution is 1.50. The van der Waals surface area contributed by atoms with Crippen LogP contribution in [0.5, 0.6) is 0 Å². The third-order valence-electron chi connectivity index (χ3n) is 6.15. The number of anilines is 4. The topological polar surface area (TPSA) is 49.8 Å². The van der Waals surface area contributed by atoms with Gasteiger partial charge in [0, 0.05) is 22.7 Å². The predicted molar refractivity (Wildman–Crippen MR) is 192 cm³/mol. The van der Waals surface area contributed by atoms with E-state index in [-0.39, 0.29) is 0 Å². The highest BCUT2D eigenvalue weighted by Crippen LogP contribution is 2.17. The first-order chi connectivity index (χ1) is 21.8. The maximum Gasteiger partial charge on any atom is 0.0812 e. The predicted octanol–water partition coefficient (Wildman–Crippen LogP) is 11.5. The highest BCUT2D eigenvalue weighted by molar-refractivity contribution is 7.17. The van der Waals surface area contributed by atoms with Crippen LogP contribution in [0.2, 0.25) is 0 Å². The molecule has 2 heterocycles. The van der Waals surface area contributed by atoms with Crippen LogP contribution in [-0.2, 0) is 0 Å². The molecule has 0 aliphatic heterocycles. The summed E-state index contributed by atoms with van der Waals surface area (Å²) >= 11 is 3.35. The number of thiazole rings is 2. The van der Waals surface area contributed by atoms with Gasteiger partial charge in [0.15, 0.2) is 0 Å². The second-order valence-electron chi connectivity index (χ2n) is 9.35. The van der Waals surface area contributed by atoms with E-state index in [1.54, 1.807) is 22.7 Å². The maximum absolute atomic E-state index is 4.14. The Hall–Kier alpha value is -5.30. The van der Waals surface area contributed by atoms with Crippen LogP contribution in [-0.4, -0.2) is 9.97 Å². The largest absolute Gasteiger partial charge is 0.356 e. The Morgan fingerprint density at radius 2 is 0.591 bits per heavy atom. The molecule has 0 saturated heterocycles. The standard InChI is InChI=1S/2C12H11N.2C7H5NS/c2*1-3-7-11(8-4-1)13-12-9-5-2-6-10-12;2*1-2-4-7-6(3-1)8-5-9-7/h2*1-10,13H;2*1-5H. The second-order valence-corrected chi connectivity index (χ2v) is 11.1. The summed E-state index contributed by atoms with van der Waals surface area (Å²) in [5.74, 6) is 0. The Morgan fingerprint density at radius 1 is 0.318 bits per heavy atom. The molecule has 0 unspecified atom stereocenters. The number of rotatable bonds is 4. The van der Waals surface area contributed by atoms with Crippen LogP contribution >= 0.6 is 22.7 Å². The van der Waals surface area contributed by atoms with Gasteiger partial charge in [-0.05, 0) is 72.8 Å². The van der Waals surface area contributed by atoms with Gasteiger partial charge in [-0.1, -0.05) is 97.1 Å². The van der Waals surface area contributed by atoms with Gasteiger partial charge >= 0.3 is 0 Å². The molecule has 0 radical (unpaired) electrons. The third-order valence-corrected chi connectivity index (χ3v) is 7.77. The average Bonchev–Trinajstić information content (AvgIpc) is 3.78. The van der Waals surface area contributed by atoms with Gasteiger partial charge in [-0.3, -0.25) is 0 Å². The fourth-order valence-corrected chi connectivity index (χ4v) is 5.38. The van der Waals surface area contributed by atoms with Crippen molar-refractivity contribution in [3.63, 3.8) is 0 Å². The molecule has 0 atom stereocenters. The van der Waals surface area contributed by atoms with E-state index in [0.29, 0.717) is 0 Å². The van der Waals surface area contributed by atoms with E-state index >= 15 is 0 Å². The number of aromatic nitrogens is 2. The van der Waals surface area contributed by atoms with Gasteiger partial charge in [-0.15, -0.1) is 22.7 Å². The fraction of sp³-hybridized carbons (Fsp3) is 0. The Labute approximate surface area is 266 Å². The molecule has 0 aliphatic carbocycles. The van der Waals surface area contributed by atoms with Gasteiger partial charge in [0.25, 0.3) is 0 Å². The van der Waals surface area contributed by atoms with Crippen LogP contribution in [0.3, 0.4) is 0 Å². The Morgan fingerprint density at radius 3 is 0.886 bits per heavy atom. The molecule has 0 bridgehead atoms. The van der Waals surface area contributed by atoms with Gasteiger partial charge in [0.1, 0.15) is 0 Å². The van der Waals surface area contributed by atoms with Crippen LogP contribution in [0.15, 0.2) is 181 Å². The quantitative estimate of drug-likeness (QED) is 0.209. The van der Waals surface area contributed by atoms with E-state index < -0.39 is 0 Å². The van der Waals surface area contributed by atoms with E-state index in [9.17, 15) is 0 Å². The first kappa shape index (κ1) is 30.2. The zero-order chi connectivity index (χ0) is 30.1. The van der Waals surface area contributed by atoms with Crippen molar-refractivity contribution in [3.8, 4) is 0 Å². The molecule has 44 heavy (non-hydrogen) atoms. The van der Waals surface area contributed by atoms with Crippen LogP contribution in [0.25, 0.3) is 20.4 Å². The molecule has 6 heteroatoms. The van der Waals surface area contributed by atoms with E-state index in [0.717, 1.165) is 33.8 Å². The van der Waals surface area contributed by atoms with Crippen LogP contribution in [0.4, 0.5) is 22.7 Å². The number of hydrogen-bond donors (Lipinski definition) is 2. The van der Waals surface area contributed by atoms with Crippen molar-refractivity contribution in [2.75, 3.05) is 10.6 Å². The highest BCUT2D eigenvalue weighted by atomic mass is 32.1. The van der Waals surface area contributed by atoms with E-state index in [1.165, 1.54) is 9.40 Å². The summed E-state index contributed by atoms with van der Waals surface area (Å²) in [6, 6.07) is 56.8. The zero-order valence-electron chi connectivity index (χ0n) is 24.0. The minimum absolute atomic E-state index is 1.10. The molecule has 0 fully saturated rings. The summed E-state index contributed by atoms with van der Waals surface area (Å²) < 4.78 is 2.52. The molecule has 6 aromatic carbocycles. The van der Waals surface area contributed by atoms with Gasteiger partial charge < -0.3 is 10.6 Å². The molecule has 8 rings (SSSR count). The summed E-state index contributed by atoms with van der Waals surface area (Å²) in [6.07, 6.45) is 0. The number of nitrogens with one attached hydrogen (secondary N) is 2. The van der Waals surface area contributed by atoms with Crippen molar-refractivity contribution < 1.29 is 0 Å². The molecule has 0 amide bonds. The highest BCUT2D eigenvalue weighted by Gasteiger charge is 1.92. The van der Waals surface area contributed by atoms with Crippen LogP contribution in [0.1, 0.15) is 0 Å². The lowest BCUT2D eigenvalue weighted by Crippen LogP contribution is -1.87. The summed E-state index contributed by atoms with van der Waals surface area (Å²) in [7, 11) is 0. The van der Waals surface area contributed by atoms with Crippen molar-refractivity contribution >= 4 is 65.9 Å². The van der Waals surface area contributed by atoms with Gasteiger partial charge in [0.05, 0.1) is 31.5 Å². The molecular weight excluding hydrogens is 577 g/mol. The Balaban J connectivity index is 0.000000118. The normalized spacial score (nSPS) is 9.82. The summed E-state index contributed by atoms with van der Waals surface area (Å²) in [4.78, 5) is 8.27. The minimum atomic E-state index is 1.10. The average molecular weight is 609 g/mol. The first-order valence-corrected chi connectivity index (χ1v) is 15.9. The van der Waals surface area contributed by atoms with Gasteiger partial charge in [-0.25, -0.2) is 9.97 Å². The van der Waals surface area contributed by atoms with Crippen molar-refractivity contribution in [2.45, 2.75) is 0 Å². The van der Waals surface area contributed by atoms with E-state index in [1.807, 2.05) is 169 Å². The molecule has 0 spiro atoms. The molecule has 4 nitrogen and oxygen atoms in total. The van der Waals surface area contributed by atoms with Crippen molar-refractivity contribution in [3.05, 3.63) is 181 Å². The molecule has 216 valence electrons. The van der Waals surface area contributed by atoms with Gasteiger partial charge in [-0.2, -0.15) is 0 Å². The van der Waals surface area contributed by atoms with Crippen molar-refractivity contribution in [1.29, 1.82) is 0 Å². The number of benzene rings is 6. The summed E-state index contributed by atoms with van der Waals surface area (Å²) in [5, 5.41) is 6.61. The van der Waals surface area contributed by atoms with E-state index in [4.69, 9.17) is 0 Å². The monoisotopic (exact) mass is 608 g/mol. The molecule has 0 aliphatic rings. The van der Waals surface area contributed by atoms with Crippen LogP contribution in [0, 0.1) is 0 Å². The second kappa shape index (κ2) is 17.0. The molecule has 2 N–H and O–H groups in total. The minimum Gasteiger partial charge on any atom is -0.356 e. The maximum atomic E-state index is 4.14. The number of nitrogens with zero attached hydrogens (tertiary/aromatic N) is 2. The Kier molecular flexibility index (Phi) is 11.6. The van der Waals surface area contributed by atoms with Crippen molar-refractivity contribution in [2.24, 2.45) is 0 Å². The number of hydrogen-bond acceptors (Lipinski definition) is 6. The van der Waals surface area contributed by atoms with E-state index in [2.05, 4.69) is 32.7 Å². The summed E-state index contributed by atoms with van der Waals surface area (Å²) in [5.41, 5.74) is 10.4. The Bertz CT molecular complexity index is 1630. The van der Waals surface area contributed by atoms with Gasteiger partial charge in [0.2, 0.25) is 0 Å². The van der Waals surface area contributed by atoms with Crippen molar-refractivity contribution in [1.82, 2.24) is 9.97 Å². The fourth-order valence-electron chi connectivity index (χ4n) is 4.03. The SMILES string of the molecule is c1ccc(Nc2ccccc2)cc1.c1ccc(Nc2ccccc2)cc1.c1ccc2scnc2c1.c1ccc2scnc2c1. The smallest absolute Gasteiger partial charge is 0.0812 e. The zero-order valence-corrected chi connectivity index (χ0v) is 25.7. The lowest BCUT2D eigenvalue weighted by atomic mass is 10.3. The van der Waals surface area contributed by atoms with Crippen LogP contribution < -0.4 is 10.6 Å². The molecule has 8 aromatic rings. The number of para-hydroxylation sites is 6. The molecule has 2 aromatic heterocycles. The molecular formula is C38H32N4S2. The summed E-state index contributed by atoms with van der Waals surface area (Å²) in [6.45, 7) is 0.